The normalized spacial score (nSPS) is 16.1. The summed E-state index contributed by atoms with van der Waals surface area (Å²) in [5.41, 5.74) is -0.913. The second kappa shape index (κ2) is 9.75. The molecule has 3 heterocycles. The molecule has 0 saturated carbocycles. The molecule has 0 unspecified atom stereocenters. The molecule has 0 aliphatic heterocycles. The van der Waals surface area contributed by atoms with Gasteiger partial charge >= 0.3 is 0 Å². The maximum Gasteiger partial charge on any atom is 0.164 e. The fourth-order valence-electron chi connectivity index (χ4n) is 5.17. The van der Waals surface area contributed by atoms with Crippen LogP contribution in [0.15, 0.2) is 150 Å². The van der Waals surface area contributed by atoms with E-state index in [2.05, 4.69) is 15.0 Å². The molecule has 0 atom stereocenters. The van der Waals surface area contributed by atoms with Crippen LogP contribution in [0, 0.1) is 0 Å². The number of benzene rings is 6. The standard InChI is InChI=1S/C39H24N4O/c1-3-11-25(12-4-1)37-40-38(26-13-5-2-6-14-26)42-39(41-37)27-19-21-31-32-24-28(20-22-35(32)44-36(31)23-27)43-33-17-9-7-15-29(33)30-16-8-10-18-34(30)43/h1-24H/i7D,8D,9D,10D,15D,16D,17D,18D,19D,20D,21D,22D,23D,24D. The molecular formula is C39H24N4O. The van der Waals surface area contributed by atoms with Crippen LogP contribution >= 0.6 is 0 Å². The second-order valence-corrected chi connectivity index (χ2v) is 9.80. The number of hydrogen-bond donors (Lipinski definition) is 0. The Kier molecular flexibility index (Phi) is 3.19. The number of fused-ring (bicyclic) bond motifs is 6. The summed E-state index contributed by atoms with van der Waals surface area (Å²) in [5.74, 6) is 0.338. The van der Waals surface area contributed by atoms with Crippen molar-refractivity contribution in [1.29, 1.82) is 0 Å². The lowest BCUT2D eigenvalue weighted by atomic mass is 10.1. The van der Waals surface area contributed by atoms with Crippen LogP contribution in [0.25, 0.3) is 83.6 Å². The molecule has 5 nitrogen and oxygen atoms in total. The van der Waals surface area contributed by atoms with Crippen molar-refractivity contribution in [3.05, 3.63) is 145 Å². The summed E-state index contributed by atoms with van der Waals surface area (Å²) in [7, 11) is 0. The third kappa shape index (κ3) is 3.91. The topological polar surface area (TPSA) is 56.7 Å². The van der Waals surface area contributed by atoms with Crippen molar-refractivity contribution in [1.82, 2.24) is 19.5 Å². The molecule has 9 aromatic rings. The first kappa shape index (κ1) is 14.4. The van der Waals surface area contributed by atoms with Gasteiger partial charge in [0.1, 0.15) is 11.2 Å². The molecule has 0 radical (unpaired) electrons. The fourth-order valence-corrected chi connectivity index (χ4v) is 5.17. The molecule has 0 amide bonds. The van der Waals surface area contributed by atoms with Crippen molar-refractivity contribution < 1.29 is 23.6 Å². The second-order valence-electron chi connectivity index (χ2n) is 9.80. The Morgan fingerprint density at radius 2 is 1.05 bits per heavy atom. The Labute approximate surface area is 272 Å². The maximum absolute atomic E-state index is 9.54. The highest BCUT2D eigenvalue weighted by Gasteiger charge is 2.16. The highest BCUT2D eigenvalue weighted by Crippen LogP contribution is 2.36. The number of nitrogens with zero attached hydrogens (tertiary/aromatic N) is 4. The maximum atomic E-state index is 9.54. The average molecular weight is 579 g/mol. The van der Waals surface area contributed by atoms with Gasteiger partial charge in [-0.1, -0.05) is 103 Å². The summed E-state index contributed by atoms with van der Waals surface area (Å²) in [6.07, 6.45) is 0. The van der Waals surface area contributed by atoms with Crippen molar-refractivity contribution in [2.24, 2.45) is 0 Å². The number of furan rings is 1. The van der Waals surface area contributed by atoms with Gasteiger partial charge in [-0.2, -0.15) is 0 Å². The molecule has 0 N–H and O–H groups in total. The van der Waals surface area contributed by atoms with Gasteiger partial charge in [-0.3, -0.25) is 0 Å². The van der Waals surface area contributed by atoms with E-state index in [4.69, 9.17) is 18.1 Å². The summed E-state index contributed by atoms with van der Waals surface area (Å²) in [4.78, 5) is 13.9. The van der Waals surface area contributed by atoms with Crippen LogP contribution in [-0.4, -0.2) is 19.5 Å². The van der Waals surface area contributed by atoms with Gasteiger partial charge in [-0.15, -0.1) is 0 Å². The number of hydrogen-bond acceptors (Lipinski definition) is 4. The Morgan fingerprint density at radius 1 is 0.477 bits per heavy atom. The van der Waals surface area contributed by atoms with E-state index in [1.54, 1.807) is 48.5 Å². The minimum absolute atomic E-state index is 0.119. The first-order chi connectivity index (χ1) is 27.6. The first-order valence-electron chi connectivity index (χ1n) is 20.5. The van der Waals surface area contributed by atoms with Crippen molar-refractivity contribution in [2.45, 2.75) is 0 Å². The third-order valence-corrected chi connectivity index (χ3v) is 7.18. The smallest absolute Gasteiger partial charge is 0.164 e. The summed E-state index contributed by atoms with van der Waals surface area (Å²) < 4.78 is 131. The molecule has 44 heavy (non-hydrogen) atoms. The van der Waals surface area contributed by atoms with Gasteiger partial charge in [0.05, 0.1) is 30.2 Å². The quantitative estimate of drug-likeness (QED) is 0.209. The highest BCUT2D eigenvalue weighted by molar-refractivity contribution is 6.10. The Morgan fingerprint density at radius 3 is 1.66 bits per heavy atom. The van der Waals surface area contributed by atoms with Crippen molar-refractivity contribution in [3.8, 4) is 39.9 Å². The summed E-state index contributed by atoms with van der Waals surface area (Å²) >= 11 is 0. The van der Waals surface area contributed by atoms with Gasteiger partial charge < -0.3 is 8.98 Å². The van der Waals surface area contributed by atoms with Crippen LogP contribution in [0.5, 0.6) is 0 Å². The van der Waals surface area contributed by atoms with Crippen molar-refractivity contribution in [2.75, 3.05) is 0 Å². The van der Waals surface area contributed by atoms with Gasteiger partial charge in [0.2, 0.25) is 0 Å². The predicted molar refractivity (Wildman–Crippen MR) is 178 cm³/mol. The SMILES string of the molecule is [2H]c1c(-n2c3c([2H])c([2H])c([2H])c([2H])c3c3c([2H])c([2H])c([2H])c([2H])c32)c([2H])c2c(oc3c([2H])c(-c4nc(-c5ccccc5)nc(-c5ccccc5)n4)c([2H])c([2H])c32)c1[2H]. The van der Waals surface area contributed by atoms with Gasteiger partial charge in [0.25, 0.3) is 0 Å². The molecule has 9 rings (SSSR count). The molecule has 0 spiro atoms. The minimum atomic E-state index is -0.711. The largest absolute Gasteiger partial charge is 0.456 e. The molecule has 0 saturated heterocycles. The highest BCUT2D eigenvalue weighted by atomic mass is 16.3. The number of rotatable bonds is 4. The van der Waals surface area contributed by atoms with Gasteiger partial charge in [0, 0.05) is 43.9 Å². The Hall–Kier alpha value is -6.07. The zero-order chi connectivity index (χ0) is 41.2. The zero-order valence-electron chi connectivity index (χ0n) is 36.5. The molecule has 206 valence electrons. The van der Waals surface area contributed by atoms with E-state index in [-0.39, 0.29) is 66.8 Å². The lowest BCUT2D eigenvalue weighted by molar-refractivity contribution is 0.669. The molecule has 5 heteroatoms. The van der Waals surface area contributed by atoms with Crippen molar-refractivity contribution >= 4 is 43.7 Å². The third-order valence-electron chi connectivity index (χ3n) is 7.18. The van der Waals surface area contributed by atoms with Gasteiger partial charge in [-0.25, -0.2) is 15.0 Å². The molecule has 0 aliphatic rings. The van der Waals surface area contributed by atoms with E-state index in [1.165, 1.54) is 0 Å². The van der Waals surface area contributed by atoms with E-state index < -0.39 is 90.3 Å². The van der Waals surface area contributed by atoms with E-state index in [9.17, 15) is 5.48 Å². The van der Waals surface area contributed by atoms with Gasteiger partial charge in [0.15, 0.2) is 17.5 Å². The lowest BCUT2D eigenvalue weighted by Gasteiger charge is -2.08. The Balaban J connectivity index is 1.40. The average Bonchev–Trinajstić information content (AvgIpc) is 3.81. The van der Waals surface area contributed by atoms with Crippen LogP contribution in [0.3, 0.4) is 0 Å². The van der Waals surface area contributed by atoms with Crippen LogP contribution in [0.1, 0.15) is 19.2 Å². The van der Waals surface area contributed by atoms with E-state index in [1.807, 2.05) is 12.1 Å². The molecule has 0 fully saturated rings. The number of para-hydroxylation sites is 2. The van der Waals surface area contributed by atoms with Crippen LogP contribution in [0.4, 0.5) is 0 Å². The Bertz CT molecular complexity index is 3140. The predicted octanol–water partition coefficient (Wildman–Crippen LogP) is 9.87. The zero-order valence-corrected chi connectivity index (χ0v) is 22.5. The molecule has 3 aromatic heterocycles. The molecule has 0 aliphatic carbocycles. The molecular weight excluding hydrogens is 540 g/mol. The van der Waals surface area contributed by atoms with Crippen LogP contribution in [-0.2, 0) is 0 Å². The van der Waals surface area contributed by atoms with E-state index >= 15 is 0 Å². The molecule has 6 aromatic carbocycles. The summed E-state index contributed by atoms with van der Waals surface area (Å²) in [6.45, 7) is 0. The first-order valence-corrected chi connectivity index (χ1v) is 13.5. The van der Waals surface area contributed by atoms with E-state index in [0.29, 0.717) is 11.1 Å². The van der Waals surface area contributed by atoms with E-state index in [0.717, 1.165) is 4.57 Å². The van der Waals surface area contributed by atoms with Crippen LogP contribution in [0.2, 0.25) is 0 Å². The fraction of sp³-hybridized carbons (Fsp3) is 0. The van der Waals surface area contributed by atoms with Crippen LogP contribution < -0.4 is 0 Å². The van der Waals surface area contributed by atoms with Crippen molar-refractivity contribution in [3.63, 3.8) is 0 Å². The molecule has 0 bridgehead atoms. The number of aromatic nitrogens is 4. The monoisotopic (exact) mass is 578 g/mol. The lowest BCUT2D eigenvalue weighted by Crippen LogP contribution is -2.00. The van der Waals surface area contributed by atoms with Gasteiger partial charge in [-0.05, 0) is 42.3 Å². The summed E-state index contributed by atoms with van der Waals surface area (Å²) in [5, 5.41) is -1.08. The minimum Gasteiger partial charge on any atom is -0.456 e. The summed E-state index contributed by atoms with van der Waals surface area (Å²) in [6, 6.07) is 9.12.